The van der Waals surface area contributed by atoms with Crippen molar-refractivity contribution < 1.29 is 9.90 Å². The van der Waals surface area contributed by atoms with Crippen LogP contribution in [0.15, 0.2) is 18.7 Å². The number of benzene rings is 1. The number of hydrogen-bond acceptors (Lipinski definition) is 2. The molecule has 21 heavy (non-hydrogen) atoms. The van der Waals surface area contributed by atoms with Gasteiger partial charge in [0.1, 0.15) is 13.6 Å². The molecule has 0 unspecified atom stereocenters. The first-order chi connectivity index (χ1) is 10.1. The molecule has 1 aromatic rings. The van der Waals surface area contributed by atoms with E-state index in [1.54, 1.807) is 6.08 Å². The van der Waals surface area contributed by atoms with Crippen molar-refractivity contribution in [1.29, 1.82) is 0 Å². The molecule has 0 fully saturated rings. The molecule has 110 valence electrons. The summed E-state index contributed by atoms with van der Waals surface area (Å²) in [6.45, 7) is 6.29. The second-order valence-corrected chi connectivity index (χ2v) is 5.59. The molecule has 0 spiro atoms. The molecule has 2 radical (unpaired) electrons. The lowest BCUT2D eigenvalue weighted by Crippen LogP contribution is -2.24. The summed E-state index contributed by atoms with van der Waals surface area (Å²) in [5, 5.41) is 13.1. The van der Waals surface area contributed by atoms with Gasteiger partial charge >= 0.3 is 0 Å². The van der Waals surface area contributed by atoms with E-state index in [1.165, 1.54) is 11.1 Å². The van der Waals surface area contributed by atoms with Gasteiger partial charge in [0.2, 0.25) is 5.91 Å². The first kappa shape index (κ1) is 15.7. The molecule has 2 rings (SSSR count). The van der Waals surface area contributed by atoms with E-state index in [0.717, 1.165) is 24.8 Å². The molecule has 1 amide bonds. The largest absolute Gasteiger partial charge is 0.508 e. The Bertz CT molecular complexity index is 554. The second kappa shape index (κ2) is 6.84. The number of carbonyl (C=O) groups excluding carboxylic acids is 1. The Morgan fingerprint density at radius 1 is 1.62 bits per heavy atom. The Labute approximate surface area is 127 Å². The number of fused-ring (bicyclic) bond motifs is 1. The standard InChI is InChI=1S/C17H22BNO2/c1-3-5-13-16-11(8-9-19-15(20)4-2)6-7-12(16)10-14(18)17(13)21/h3,10-11,21H,1,4-9H2,2H3,(H,19,20)/t11-/m0/s1. The monoisotopic (exact) mass is 283 g/mol. The van der Waals surface area contributed by atoms with Crippen molar-refractivity contribution in [2.24, 2.45) is 0 Å². The van der Waals surface area contributed by atoms with Crippen LogP contribution in [0.1, 0.15) is 48.8 Å². The fourth-order valence-corrected chi connectivity index (χ4v) is 3.17. The molecule has 0 aliphatic heterocycles. The summed E-state index contributed by atoms with van der Waals surface area (Å²) >= 11 is 0. The van der Waals surface area contributed by atoms with Gasteiger partial charge in [0, 0.05) is 18.5 Å². The molecule has 1 aliphatic carbocycles. The second-order valence-electron chi connectivity index (χ2n) is 5.59. The minimum Gasteiger partial charge on any atom is -0.508 e. The van der Waals surface area contributed by atoms with Gasteiger partial charge in [-0.15, -0.1) is 6.58 Å². The van der Waals surface area contributed by atoms with Crippen molar-refractivity contribution >= 4 is 19.2 Å². The molecule has 0 aromatic heterocycles. The highest BCUT2D eigenvalue weighted by Gasteiger charge is 2.27. The highest BCUT2D eigenvalue weighted by atomic mass is 16.3. The third kappa shape index (κ3) is 3.31. The summed E-state index contributed by atoms with van der Waals surface area (Å²) in [5.41, 5.74) is 3.80. The van der Waals surface area contributed by atoms with Gasteiger partial charge in [0.15, 0.2) is 0 Å². The summed E-state index contributed by atoms with van der Waals surface area (Å²) in [5.74, 6) is 0.649. The Morgan fingerprint density at radius 3 is 3.05 bits per heavy atom. The Hall–Kier alpha value is -1.71. The third-order valence-corrected chi connectivity index (χ3v) is 4.22. The maximum atomic E-state index is 11.3. The minimum atomic E-state index is 0.0830. The van der Waals surface area contributed by atoms with Gasteiger partial charge in [-0.1, -0.05) is 24.5 Å². The van der Waals surface area contributed by atoms with Crippen LogP contribution < -0.4 is 10.8 Å². The number of phenolic OH excluding ortho intramolecular Hbond substituents is 1. The van der Waals surface area contributed by atoms with Crippen LogP contribution >= 0.6 is 0 Å². The molecule has 0 saturated heterocycles. The SMILES string of the molecule is [B]c1cc2c(c(CC=C)c1O)[C@H](CCNC(=O)CC)CC2. The number of nitrogens with one attached hydrogen (secondary N) is 1. The van der Waals surface area contributed by atoms with E-state index in [0.29, 0.717) is 30.8 Å². The van der Waals surface area contributed by atoms with Crippen molar-refractivity contribution in [1.82, 2.24) is 5.32 Å². The number of allylic oxidation sites excluding steroid dienone is 1. The van der Waals surface area contributed by atoms with E-state index < -0.39 is 0 Å². The first-order valence-corrected chi connectivity index (χ1v) is 7.59. The zero-order valence-electron chi connectivity index (χ0n) is 12.6. The smallest absolute Gasteiger partial charge is 0.219 e. The summed E-state index contributed by atoms with van der Waals surface area (Å²) < 4.78 is 0. The van der Waals surface area contributed by atoms with Gasteiger partial charge in [0.25, 0.3) is 0 Å². The van der Waals surface area contributed by atoms with Gasteiger partial charge < -0.3 is 10.4 Å². The van der Waals surface area contributed by atoms with Crippen LogP contribution in [0, 0.1) is 0 Å². The Morgan fingerprint density at radius 2 is 2.38 bits per heavy atom. The number of carbonyl (C=O) groups is 1. The summed E-state index contributed by atoms with van der Waals surface area (Å²) in [4.78, 5) is 11.3. The van der Waals surface area contributed by atoms with E-state index in [9.17, 15) is 9.90 Å². The van der Waals surface area contributed by atoms with Gasteiger partial charge in [-0.05, 0) is 42.7 Å². The highest BCUT2D eigenvalue weighted by molar-refractivity contribution is 6.34. The number of phenols is 1. The number of hydrogen-bond donors (Lipinski definition) is 2. The first-order valence-electron chi connectivity index (χ1n) is 7.59. The fraction of sp³-hybridized carbons (Fsp3) is 0.471. The molecule has 0 heterocycles. The van der Waals surface area contributed by atoms with E-state index in [1.807, 2.05) is 13.0 Å². The van der Waals surface area contributed by atoms with E-state index in [4.69, 9.17) is 7.85 Å². The number of aryl methyl sites for hydroxylation is 1. The summed E-state index contributed by atoms with van der Waals surface area (Å²) in [6.07, 6.45) is 5.85. The maximum absolute atomic E-state index is 11.3. The highest BCUT2D eigenvalue weighted by Crippen LogP contribution is 2.40. The summed E-state index contributed by atoms with van der Waals surface area (Å²) in [6, 6.07) is 1.89. The van der Waals surface area contributed by atoms with E-state index in [-0.39, 0.29) is 11.7 Å². The van der Waals surface area contributed by atoms with Crippen LogP contribution in [0.3, 0.4) is 0 Å². The molecule has 0 saturated carbocycles. The molecule has 1 aromatic carbocycles. The maximum Gasteiger partial charge on any atom is 0.219 e. The van der Waals surface area contributed by atoms with Crippen molar-refractivity contribution in [2.45, 2.75) is 44.9 Å². The van der Waals surface area contributed by atoms with Crippen LogP contribution in [-0.2, 0) is 17.6 Å². The molecule has 0 bridgehead atoms. The molecule has 4 heteroatoms. The van der Waals surface area contributed by atoms with E-state index >= 15 is 0 Å². The quantitative estimate of drug-likeness (QED) is 0.618. The zero-order chi connectivity index (χ0) is 15.4. The number of aromatic hydroxyl groups is 1. The lowest BCUT2D eigenvalue weighted by Gasteiger charge is -2.18. The average molecular weight is 283 g/mol. The van der Waals surface area contributed by atoms with Crippen LogP contribution in [0.2, 0.25) is 0 Å². The lowest BCUT2D eigenvalue weighted by atomic mass is 9.84. The number of rotatable bonds is 6. The summed E-state index contributed by atoms with van der Waals surface area (Å²) in [7, 11) is 5.89. The molecular formula is C17H22BNO2. The van der Waals surface area contributed by atoms with Gasteiger partial charge in [-0.25, -0.2) is 0 Å². The van der Waals surface area contributed by atoms with E-state index in [2.05, 4.69) is 11.9 Å². The zero-order valence-corrected chi connectivity index (χ0v) is 12.6. The molecule has 3 nitrogen and oxygen atoms in total. The topological polar surface area (TPSA) is 49.3 Å². The van der Waals surface area contributed by atoms with Gasteiger partial charge in [0.05, 0.1) is 0 Å². The lowest BCUT2D eigenvalue weighted by molar-refractivity contribution is -0.120. The van der Waals surface area contributed by atoms with Crippen LogP contribution in [0.5, 0.6) is 5.75 Å². The van der Waals surface area contributed by atoms with Gasteiger partial charge in [-0.2, -0.15) is 0 Å². The normalized spacial score (nSPS) is 16.5. The fourth-order valence-electron chi connectivity index (χ4n) is 3.17. The van der Waals surface area contributed by atoms with Crippen molar-refractivity contribution in [3.8, 4) is 5.75 Å². The van der Waals surface area contributed by atoms with Gasteiger partial charge in [-0.3, -0.25) is 4.79 Å². The van der Waals surface area contributed by atoms with Crippen molar-refractivity contribution in [3.63, 3.8) is 0 Å². The molecule has 1 atom stereocenters. The Kier molecular flexibility index (Phi) is 5.10. The van der Waals surface area contributed by atoms with Crippen molar-refractivity contribution in [3.05, 3.63) is 35.4 Å². The molecule has 2 N–H and O–H groups in total. The average Bonchev–Trinajstić information content (AvgIpc) is 2.86. The Balaban J connectivity index is 2.19. The number of amides is 1. The van der Waals surface area contributed by atoms with Crippen LogP contribution in [0.4, 0.5) is 0 Å². The predicted octanol–water partition coefficient (Wildman–Crippen LogP) is 1.86. The molecular weight excluding hydrogens is 261 g/mol. The predicted molar refractivity (Wildman–Crippen MR) is 86.4 cm³/mol. The minimum absolute atomic E-state index is 0.0830. The third-order valence-electron chi connectivity index (χ3n) is 4.22. The van der Waals surface area contributed by atoms with Crippen molar-refractivity contribution in [2.75, 3.05) is 6.54 Å². The van der Waals surface area contributed by atoms with Crippen LogP contribution in [0.25, 0.3) is 0 Å². The van der Waals surface area contributed by atoms with Crippen LogP contribution in [-0.4, -0.2) is 25.4 Å². The molecule has 1 aliphatic rings.